The van der Waals surface area contributed by atoms with Crippen molar-refractivity contribution >= 4 is 23.7 Å². The third kappa shape index (κ3) is 4.60. The largest absolute Gasteiger partial charge is 0.544 e. The maximum absolute atomic E-state index is 11.4. The molecule has 2 atom stereocenters. The van der Waals surface area contributed by atoms with Crippen molar-refractivity contribution in [1.29, 1.82) is 0 Å². The quantitative estimate of drug-likeness (QED) is 0.628. The number of carbonyl (C=O) groups excluding carboxylic acids is 2. The van der Waals surface area contributed by atoms with Gasteiger partial charge in [-0.25, -0.2) is 4.79 Å². The van der Waals surface area contributed by atoms with E-state index in [1.165, 1.54) is 13.2 Å². The number of aliphatic carboxylic acids is 1. The van der Waals surface area contributed by atoms with E-state index in [1.807, 2.05) is 19.1 Å². The molecule has 2 heterocycles. The number of benzene rings is 1. The molecule has 1 aromatic heterocycles. The molecule has 9 heteroatoms. The molecule has 0 amide bonds. The number of hydrogen-bond donors (Lipinski definition) is 1. The van der Waals surface area contributed by atoms with Gasteiger partial charge in [-0.05, 0) is 37.3 Å². The van der Waals surface area contributed by atoms with Crippen LogP contribution in [-0.2, 0) is 16.1 Å². The van der Waals surface area contributed by atoms with Gasteiger partial charge in [-0.1, -0.05) is 11.8 Å². The number of ether oxygens (including phenoxy) is 3. The number of rotatable bonds is 8. The van der Waals surface area contributed by atoms with Gasteiger partial charge in [0.25, 0.3) is 0 Å². The molecule has 3 rings (SSSR count). The second-order valence-corrected chi connectivity index (χ2v) is 7.23. The van der Waals surface area contributed by atoms with Gasteiger partial charge in [0.15, 0.2) is 16.9 Å². The summed E-state index contributed by atoms with van der Waals surface area (Å²) in [4.78, 5) is 22.5. The van der Waals surface area contributed by atoms with E-state index in [1.54, 1.807) is 29.2 Å². The summed E-state index contributed by atoms with van der Waals surface area (Å²) >= 11 is 1.55. The number of hydrogen-bond acceptors (Lipinski definition) is 8. The van der Waals surface area contributed by atoms with Gasteiger partial charge in [0.1, 0.15) is 24.4 Å². The molecule has 0 aliphatic carbocycles. The Morgan fingerprint density at radius 1 is 1.25 bits per heavy atom. The minimum absolute atomic E-state index is 0.0381. The average Bonchev–Trinajstić information content (AvgIpc) is 3.36. The van der Waals surface area contributed by atoms with Crippen molar-refractivity contribution in [3.05, 3.63) is 47.4 Å². The van der Waals surface area contributed by atoms with Crippen LogP contribution in [0.25, 0.3) is 0 Å². The molecule has 1 aliphatic heterocycles. The molecule has 150 valence electrons. The molecule has 1 fully saturated rings. The van der Waals surface area contributed by atoms with Crippen molar-refractivity contribution in [1.82, 2.24) is 0 Å². The highest BCUT2D eigenvalue weighted by Gasteiger charge is 2.31. The molecule has 2 N–H and O–H groups in total. The smallest absolute Gasteiger partial charge is 0.373 e. The van der Waals surface area contributed by atoms with Crippen molar-refractivity contribution in [3.8, 4) is 11.5 Å². The van der Waals surface area contributed by atoms with Crippen LogP contribution < -0.4 is 19.9 Å². The van der Waals surface area contributed by atoms with Crippen LogP contribution in [0.2, 0.25) is 0 Å². The first-order chi connectivity index (χ1) is 13.5. The maximum Gasteiger partial charge on any atom is 0.373 e. The molecule has 1 saturated heterocycles. The van der Waals surface area contributed by atoms with Crippen LogP contribution in [0.3, 0.4) is 0 Å². The Bertz CT molecular complexity index is 851. The maximum atomic E-state index is 11.4. The minimum Gasteiger partial charge on any atom is -0.544 e. The Morgan fingerprint density at radius 2 is 2.07 bits per heavy atom. The first-order valence-corrected chi connectivity index (χ1v) is 9.80. The number of quaternary nitrogens is 1. The van der Waals surface area contributed by atoms with Gasteiger partial charge in [0, 0.05) is 5.56 Å². The van der Waals surface area contributed by atoms with Crippen LogP contribution in [0.5, 0.6) is 11.5 Å². The summed E-state index contributed by atoms with van der Waals surface area (Å²) in [5, 5.41) is 12.8. The van der Waals surface area contributed by atoms with E-state index in [4.69, 9.17) is 13.9 Å². The van der Waals surface area contributed by atoms with Gasteiger partial charge in [0.05, 0.1) is 19.5 Å². The highest BCUT2D eigenvalue weighted by Crippen LogP contribution is 2.35. The van der Waals surface area contributed by atoms with Gasteiger partial charge < -0.3 is 33.8 Å². The van der Waals surface area contributed by atoms with Gasteiger partial charge >= 0.3 is 5.97 Å². The summed E-state index contributed by atoms with van der Waals surface area (Å²) in [6.45, 7) is 2.44. The van der Waals surface area contributed by atoms with Crippen LogP contribution >= 0.6 is 11.8 Å². The number of esters is 1. The SMILES string of the molecule is CCOc1cc([C@H]2[NH2+][C@@H](C(=O)[O-])CS2)ccc1OCc1ccc(C(=O)OC)o1. The van der Waals surface area contributed by atoms with Crippen LogP contribution in [0, 0.1) is 0 Å². The predicted molar refractivity (Wildman–Crippen MR) is 97.9 cm³/mol. The van der Waals surface area contributed by atoms with E-state index in [-0.39, 0.29) is 17.7 Å². The Hall–Kier alpha value is -2.65. The molecule has 1 aliphatic rings. The summed E-state index contributed by atoms with van der Waals surface area (Å²) in [5.74, 6) is 0.569. The molecule has 0 radical (unpaired) electrons. The van der Waals surface area contributed by atoms with Crippen molar-refractivity contribution in [2.75, 3.05) is 19.5 Å². The molecule has 2 aromatic rings. The summed E-state index contributed by atoms with van der Waals surface area (Å²) in [6.07, 6.45) is 0. The van der Waals surface area contributed by atoms with Crippen molar-refractivity contribution in [2.24, 2.45) is 0 Å². The normalized spacial score (nSPS) is 18.6. The standard InChI is InChI=1S/C19H21NO7S/c1-3-25-16-8-11(17-20-13(10-28-17)18(21)22)4-6-14(16)26-9-12-5-7-15(27-12)19(23)24-2/h4-8,13,17,20H,3,9-10H2,1-2H3,(H,21,22)/t13-,17+/m1/s1. The summed E-state index contributed by atoms with van der Waals surface area (Å²) in [7, 11) is 1.28. The Kier molecular flexibility index (Phi) is 6.48. The Balaban J connectivity index is 1.70. The van der Waals surface area contributed by atoms with Crippen LogP contribution in [0.1, 0.15) is 34.2 Å². The first kappa shape index (κ1) is 20.1. The second kappa shape index (κ2) is 9.03. The predicted octanol–water partition coefficient (Wildman–Crippen LogP) is 0.471. The molecule has 0 saturated carbocycles. The van der Waals surface area contributed by atoms with E-state index < -0.39 is 18.0 Å². The molecule has 0 spiro atoms. The van der Waals surface area contributed by atoms with Crippen LogP contribution in [0.4, 0.5) is 0 Å². The second-order valence-electron chi connectivity index (χ2n) is 6.06. The number of thioether (sulfide) groups is 1. The van der Waals surface area contributed by atoms with E-state index in [0.717, 1.165) is 5.56 Å². The van der Waals surface area contributed by atoms with E-state index >= 15 is 0 Å². The lowest BCUT2D eigenvalue weighted by molar-refractivity contribution is -0.690. The number of nitrogens with two attached hydrogens (primary N) is 1. The first-order valence-electron chi connectivity index (χ1n) is 8.75. The third-order valence-corrected chi connectivity index (χ3v) is 5.52. The monoisotopic (exact) mass is 407 g/mol. The highest BCUT2D eigenvalue weighted by molar-refractivity contribution is 7.99. The van der Waals surface area contributed by atoms with E-state index in [9.17, 15) is 14.7 Å². The molecular formula is C19H21NO7S. The molecule has 1 aromatic carbocycles. The van der Waals surface area contributed by atoms with Crippen LogP contribution in [-0.4, -0.2) is 37.4 Å². The summed E-state index contributed by atoms with van der Waals surface area (Å²) < 4.78 is 21.5. The lowest BCUT2D eigenvalue weighted by Gasteiger charge is -2.15. The van der Waals surface area contributed by atoms with Crippen LogP contribution in [0.15, 0.2) is 34.7 Å². The van der Waals surface area contributed by atoms with Gasteiger partial charge in [-0.2, -0.15) is 0 Å². The number of carboxylic acids is 1. The lowest BCUT2D eigenvalue weighted by Crippen LogP contribution is -2.90. The van der Waals surface area contributed by atoms with Crippen molar-refractivity contribution in [2.45, 2.75) is 24.9 Å². The minimum atomic E-state index is -1.05. The topological polar surface area (TPSA) is 115 Å². The number of methoxy groups -OCH3 is 1. The Labute approximate surface area is 166 Å². The summed E-state index contributed by atoms with van der Waals surface area (Å²) in [5.41, 5.74) is 0.940. The zero-order valence-electron chi connectivity index (χ0n) is 15.5. The van der Waals surface area contributed by atoms with E-state index in [0.29, 0.717) is 29.6 Å². The number of carbonyl (C=O) groups is 2. The highest BCUT2D eigenvalue weighted by atomic mass is 32.2. The van der Waals surface area contributed by atoms with Gasteiger partial charge in [-0.3, -0.25) is 0 Å². The molecule has 0 unspecified atom stereocenters. The fourth-order valence-corrected chi connectivity index (χ4v) is 4.09. The third-order valence-electron chi connectivity index (χ3n) is 4.18. The summed E-state index contributed by atoms with van der Waals surface area (Å²) in [6, 6.07) is 8.14. The fourth-order valence-electron chi connectivity index (χ4n) is 2.79. The Morgan fingerprint density at radius 3 is 2.75 bits per heavy atom. The zero-order chi connectivity index (χ0) is 20.1. The lowest BCUT2D eigenvalue weighted by atomic mass is 10.2. The van der Waals surface area contributed by atoms with E-state index in [2.05, 4.69) is 4.74 Å². The number of furan rings is 1. The van der Waals surface area contributed by atoms with Crippen molar-refractivity contribution in [3.63, 3.8) is 0 Å². The molecule has 0 bridgehead atoms. The average molecular weight is 407 g/mol. The fraction of sp³-hybridized carbons (Fsp3) is 0.368. The van der Waals surface area contributed by atoms with Gasteiger partial charge in [-0.15, -0.1) is 0 Å². The molecule has 8 nitrogen and oxygen atoms in total. The molecular weight excluding hydrogens is 386 g/mol. The molecule has 28 heavy (non-hydrogen) atoms. The van der Waals surface area contributed by atoms with Gasteiger partial charge in [0.2, 0.25) is 5.76 Å². The number of carboxylic acid groups (broad SMARTS) is 1. The van der Waals surface area contributed by atoms with Crippen molar-refractivity contribution < 1.29 is 38.6 Å². The zero-order valence-corrected chi connectivity index (χ0v) is 16.3.